The van der Waals surface area contributed by atoms with Crippen LogP contribution in [0.25, 0.3) is 11.2 Å². The average Bonchev–Trinajstić information content (AvgIpc) is 3.13. The molecule has 7 heteroatoms. The predicted molar refractivity (Wildman–Crippen MR) is 108 cm³/mol. The molecule has 148 valence electrons. The Bertz CT molecular complexity index is 1000. The molecule has 1 N–H and O–H groups in total. The first-order chi connectivity index (χ1) is 13.5. The molecule has 0 saturated carbocycles. The summed E-state index contributed by atoms with van der Waals surface area (Å²) in [6.45, 7) is 8.43. The van der Waals surface area contributed by atoms with Gasteiger partial charge in [0.25, 0.3) is 5.91 Å². The third kappa shape index (κ3) is 3.66. The van der Waals surface area contributed by atoms with E-state index in [2.05, 4.69) is 26.4 Å². The Hall–Kier alpha value is -2.70. The molecule has 0 aliphatic carbocycles. The summed E-state index contributed by atoms with van der Waals surface area (Å²) in [6.07, 6.45) is 8.24. The number of imidazole rings is 2. The SMILES string of the molecule is Cc1cc(C(=O)NCC(C)Cn2ccnc2C)c2nc3n(c2n1)CCCCC3. The molecule has 0 spiro atoms. The van der Waals surface area contributed by atoms with Crippen molar-refractivity contribution in [3.8, 4) is 0 Å². The van der Waals surface area contributed by atoms with Gasteiger partial charge in [-0.25, -0.2) is 15.0 Å². The van der Waals surface area contributed by atoms with E-state index in [9.17, 15) is 4.79 Å². The maximum Gasteiger partial charge on any atom is 0.253 e. The Kier molecular flexibility index (Phi) is 5.15. The Labute approximate surface area is 165 Å². The van der Waals surface area contributed by atoms with Crippen LogP contribution in [-0.4, -0.2) is 36.5 Å². The highest BCUT2D eigenvalue weighted by atomic mass is 16.1. The fourth-order valence-corrected chi connectivity index (χ4v) is 3.95. The molecule has 1 aliphatic heterocycles. The van der Waals surface area contributed by atoms with Gasteiger partial charge in [-0.1, -0.05) is 13.3 Å². The van der Waals surface area contributed by atoms with E-state index in [-0.39, 0.29) is 5.91 Å². The fourth-order valence-electron chi connectivity index (χ4n) is 3.95. The van der Waals surface area contributed by atoms with Crippen molar-refractivity contribution in [2.75, 3.05) is 6.54 Å². The van der Waals surface area contributed by atoms with Gasteiger partial charge in [0.15, 0.2) is 5.65 Å². The number of aryl methyl sites for hydroxylation is 4. The summed E-state index contributed by atoms with van der Waals surface area (Å²) in [7, 11) is 0. The van der Waals surface area contributed by atoms with Gasteiger partial charge in [0.05, 0.1) is 5.56 Å². The summed E-state index contributed by atoms with van der Waals surface area (Å²) in [5.41, 5.74) is 3.07. The molecule has 1 atom stereocenters. The summed E-state index contributed by atoms with van der Waals surface area (Å²) < 4.78 is 4.31. The average molecular weight is 380 g/mol. The molecular formula is C21H28N6O. The van der Waals surface area contributed by atoms with Crippen molar-refractivity contribution in [1.82, 2.24) is 29.4 Å². The zero-order chi connectivity index (χ0) is 19.7. The molecule has 0 aromatic carbocycles. The van der Waals surface area contributed by atoms with Crippen molar-refractivity contribution >= 4 is 17.1 Å². The first kappa shape index (κ1) is 18.7. The number of hydrogen-bond donors (Lipinski definition) is 1. The molecule has 1 unspecified atom stereocenters. The highest BCUT2D eigenvalue weighted by Gasteiger charge is 2.21. The summed E-state index contributed by atoms with van der Waals surface area (Å²) in [5.74, 6) is 2.28. The van der Waals surface area contributed by atoms with E-state index in [4.69, 9.17) is 9.97 Å². The Balaban J connectivity index is 1.53. The Morgan fingerprint density at radius 1 is 1.25 bits per heavy atom. The van der Waals surface area contributed by atoms with E-state index >= 15 is 0 Å². The second-order valence-electron chi connectivity index (χ2n) is 7.92. The minimum atomic E-state index is -0.0713. The van der Waals surface area contributed by atoms with Crippen molar-refractivity contribution in [3.05, 3.63) is 41.4 Å². The van der Waals surface area contributed by atoms with Gasteiger partial charge < -0.3 is 14.5 Å². The predicted octanol–water partition coefficient (Wildman–Crippen LogP) is 3.04. The van der Waals surface area contributed by atoms with Gasteiger partial charge in [-0.15, -0.1) is 0 Å². The lowest BCUT2D eigenvalue weighted by atomic mass is 10.1. The lowest BCUT2D eigenvalue weighted by Gasteiger charge is -2.15. The normalized spacial score (nSPS) is 15.2. The van der Waals surface area contributed by atoms with Crippen LogP contribution in [0.3, 0.4) is 0 Å². The van der Waals surface area contributed by atoms with Crippen LogP contribution in [0.5, 0.6) is 0 Å². The van der Waals surface area contributed by atoms with Crippen LogP contribution >= 0.6 is 0 Å². The Morgan fingerprint density at radius 3 is 2.89 bits per heavy atom. The van der Waals surface area contributed by atoms with E-state index in [1.54, 1.807) is 6.20 Å². The smallest absolute Gasteiger partial charge is 0.253 e. The molecule has 0 radical (unpaired) electrons. The molecule has 28 heavy (non-hydrogen) atoms. The Morgan fingerprint density at radius 2 is 2.11 bits per heavy atom. The number of pyridine rings is 1. The third-order valence-corrected chi connectivity index (χ3v) is 5.48. The largest absolute Gasteiger partial charge is 0.352 e. The van der Waals surface area contributed by atoms with E-state index in [0.717, 1.165) is 60.9 Å². The minimum absolute atomic E-state index is 0.0713. The summed E-state index contributed by atoms with van der Waals surface area (Å²) in [5, 5.41) is 3.09. The van der Waals surface area contributed by atoms with Crippen molar-refractivity contribution in [2.45, 2.75) is 59.5 Å². The monoisotopic (exact) mass is 380 g/mol. The molecule has 7 nitrogen and oxygen atoms in total. The second-order valence-corrected chi connectivity index (χ2v) is 7.92. The fraction of sp³-hybridized carbons (Fsp3) is 0.524. The lowest BCUT2D eigenvalue weighted by Crippen LogP contribution is -2.30. The van der Waals surface area contributed by atoms with Crippen molar-refractivity contribution in [3.63, 3.8) is 0 Å². The number of rotatable bonds is 5. The van der Waals surface area contributed by atoms with Crippen LogP contribution in [0, 0.1) is 19.8 Å². The number of fused-ring (bicyclic) bond motifs is 3. The van der Waals surface area contributed by atoms with E-state index < -0.39 is 0 Å². The summed E-state index contributed by atoms with van der Waals surface area (Å²) in [4.78, 5) is 26.7. The maximum atomic E-state index is 13.0. The zero-order valence-electron chi connectivity index (χ0n) is 16.9. The second kappa shape index (κ2) is 7.73. The summed E-state index contributed by atoms with van der Waals surface area (Å²) in [6, 6.07) is 1.86. The number of hydrogen-bond acceptors (Lipinski definition) is 4. The minimum Gasteiger partial charge on any atom is -0.352 e. The van der Waals surface area contributed by atoms with Gasteiger partial charge in [-0.2, -0.15) is 0 Å². The molecule has 4 heterocycles. The van der Waals surface area contributed by atoms with Crippen LogP contribution in [0.15, 0.2) is 18.5 Å². The quantitative estimate of drug-likeness (QED) is 0.738. The molecule has 1 aliphatic rings. The van der Waals surface area contributed by atoms with E-state index in [1.807, 2.05) is 26.1 Å². The molecule has 1 amide bonds. The van der Waals surface area contributed by atoms with E-state index in [0.29, 0.717) is 18.0 Å². The van der Waals surface area contributed by atoms with Gasteiger partial charge in [0.1, 0.15) is 17.2 Å². The van der Waals surface area contributed by atoms with Gasteiger partial charge in [0, 0.05) is 44.1 Å². The molecule has 4 rings (SSSR count). The van der Waals surface area contributed by atoms with Crippen LogP contribution < -0.4 is 5.32 Å². The zero-order valence-corrected chi connectivity index (χ0v) is 16.9. The molecule has 0 fully saturated rings. The lowest BCUT2D eigenvalue weighted by molar-refractivity contribution is 0.0948. The molecule has 0 saturated heterocycles. The first-order valence-corrected chi connectivity index (χ1v) is 10.2. The van der Waals surface area contributed by atoms with Gasteiger partial charge in [0.2, 0.25) is 0 Å². The number of amides is 1. The number of nitrogens with one attached hydrogen (secondary N) is 1. The van der Waals surface area contributed by atoms with E-state index in [1.165, 1.54) is 6.42 Å². The van der Waals surface area contributed by atoms with Crippen LogP contribution in [0.1, 0.15) is 53.9 Å². The topological polar surface area (TPSA) is 77.6 Å². The van der Waals surface area contributed by atoms with Crippen molar-refractivity contribution < 1.29 is 4.79 Å². The molecule has 0 bridgehead atoms. The van der Waals surface area contributed by atoms with Gasteiger partial charge >= 0.3 is 0 Å². The highest BCUT2D eigenvalue weighted by molar-refractivity contribution is 6.04. The van der Waals surface area contributed by atoms with Crippen molar-refractivity contribution in [1.29, 1.82) is 0 Å². The maximum absolute atomic E-state index is 13.0. The first-order valence-electron chi connectivity index (χ1n) is 10.2. The summed E-state index contributed by atoms with van der Waals surface area (Å²) >= 11 is 0. The van der Waals surface area contributed by atoms with Crippen molar-refractivity contribution in [2.24, 2.45) is 5.92 Å². The third-order valence-electron chi connectivity index (χ3n) is 5.48. The highest BCUT2D eigenvalue weighted by Crippen LogP contribution is 2.24. The van der Waals surface area contributed by atoms with Gasteiger partial charge in [-0.3, -0.25) is 4.79 Å². The van der Waals surface area contributed by atoms with Crippen LogP contribution in [0.4, 0.5) is 0 Å². The number of nitrogens with zero attached hydrogens (tertiary/aromatic N) is 5. The molecular weight excluding hydrogens is 352 g/mol. The standard InChI is InChI=1S/C21H28N6O/c1-14(13-26-10-8-22-16(26)3)12-23-21(28)17-11-15(2)24-20-19(17)25-18-7-5-4-6-9-27(18)20/h8,10-11,14H,4-7,9,12-13H2,1-3H3,(H,23,28). The van der Waals surface area contributed by atoms with Gasteiger partial charge in [-0.05, 0) is 38.7 Å². The molecule has 3 aromatic rings. The number of carbonyl (C=O) groups excluding carboxylic acids is 1. The number of carbonyl (C=O) groups is 1. The van der Waals surface area contributed by atoms with Crippen LogP contribution in [-0.2, 0) is 19.5 Å². The number of aromatic nitrogens is 5. The van der Waals surface area contributed by atoms with Crippen LogP contribution in [0.2, 0.25) is 0 Å². The molecule has 3 aromatic heterocycles.